The molecule has 0 aliphatic rings. The van der Waals surface area contributed by atoms with E-state index in [2.05, 4.69) is 0 Å². The van der Waals surface area contributed by atoms with E-state index in [1.54, 1.807) is 24.3 Å². The zero-order chi connectivity index (χ0) is 14.0. The van der Waals surface area contributed by atoms with Crippen LogP contribution in [0.25, 0.3) is 11.1 Å². The summed E-state index contributed by atoms with van der Waals surface area (Å²) >= 11 is 6.05. The molecule has 0 aromatic heterocycles. The highest BCUT2D eigenvalue weighted by Gasteiger charge is 2.31. The first kappa shape index (κ1) is 16.8. The molecule has 0 atom stereocenters. The predicted octanol–water partition coefficient (Wildman–Crippen LogP) is 4.91. The highest BCUT2D eigenvalue weighted by molar-refractivity contribution is 6.33. The van der Waals surface area contributed by atoms with E-state index in [0.29, 0.717) is 21.7 Å². The van der Waals surface area contributed by atoms with E-state index in [1.807, 2.05) is 0 Å². The third-order valence-electron chi connectivity index (χ3n) is 2.82. The van der Waals surface area contributed by atoms with Crippen LogP contribution < -0.4 is 5.73 Å². The second-order valence-corrected chi connectivity index (χ2v) is 4.46. The SMILES string of the molecule is Cl.NCc1cc(C(F)(F)F)ccc1-c1ccccc1Cl. The van der Waals surface area contributed by atoms with E-state index in [1.165, 1.54) is 6.07 Å². The van der Waals surface area contributed by atoms with Crippen LogP contribution in [0.4, 0.5) is 13.2 Å². The summed E-state index contributed by atoms with van der Waals surface area (Å²) in [7, 11) is 0. The fraction of sp³-hybridized carbons (Fsp3) is 0.143. The van der Waals surface area contributed by atoms with E-state index in [4.69, 9.17) is 17.3 Å². The van der Waals surface area contributed by atoms with Crippen molar-refractivity contribution in [2.45, 2.75) is 12.7 Å². The Morgan fingerprint density at radius 1 is 1.00 bits per heavy atom. The molecule has 2 aromatic carbocycles. The van der Waals surface area contributed by atoms with E-state index in [9.17, 15) is 13.2 Å². The number of rotatable bonds is 2. The number of alkyl halides is 3. The van der Waals surface area contributed by atoms with Crippen molar-refractivity contribution in [3.05, 3.63) is 58.6 Å². The third-order valence-corrected chi connectivity index (χ3v) is 3.15. The Bertz CT molecular complexity index is 597. The van der Waals surface area contributed by atoms with Crippen LogP contribution in [0.5, 0.6) is 0 Å². The average molecular weight is 322 g/mol. The molecule has 2 rings (SSSR count). The minimum Gasteiger partial charge on any atom is -0.326 e. The number of nitrogens with two attached hydrogens (primary N) is 1. The number of halogens is 5. The van der Waals surface area contributed by atoms with E-state index in [-0.39, 0.29) is 19.0 Å². The smallest absolute Gasteiger partial charge is 0.326 e. The number of benzene rings is 2. The molecule has 108 valence electrons. The molecule has 2 N–H and O–H groups in total. The van der Waals surface area contributed by atoms with Crippen LogP contribution in [0, 0.1) is 0 Å². The molecule has 6 heteroatoms. The number of hydrogen-bond donors (Lipinski definition) is 1. The van der Waals surface area contributed by atoms with Gasteiger partial charge < -0.3 is 5.73 Å². The van der Waals surface area contributed by atoms with Crippen LogP contribution in [0.15, 0.2) is 42.5 Å². The zero-order valence-corrected chi connectivity index (χ0v) is 11.8. The van der Waals surface area contributed by atoms with Crippen LogP contribution >= 0.6 is 24.0 Å². The molecule has 0 aliphatic carbocycles. The standard InChI is InChI=1S/C14H11ClF3N.ClH/c15-13-4-2-1-3-12(13)11-6-5-10(14(16,17)18)7-9(11)8-19;/h1-7H,8,19H2;1H. The highest BCUT2D eigenvalue weighted by atomic mass is 35.5. The molecule has 2 aromatic rings. The quantitative estimate of drug-likeness (QED) is 0.835. The highest BCUT2D eigenvalue weighted by Crippen LogP contribution is 2.35. The van der Waals surface area contributed by atoms with Crippen LogP contribution in [-0.4, -0.2) is 0 Å². The Morgan fingerprint density at radius 2 is 1.65 bits per heavy atom. The van der Waals surface area contributed by atoms with Gasteiger partial charge in [-0.3, -0.25) is 0 Å². The average Bonchev–Trinajstić information content (AvgIpc) is 2.37. The van der Waals surface area contributed by atoms with Gasteiger partial charge in [-0.1, -0.05) is 35.9 Å². The van der Waals surface area contributed by atoms with Gasteiger partial charge in [0.1, 0.15) is 0 Å². The summed E-state index contributed by atoms with van der Waals surface area (Å²) in [6, 6.07) is 10.5. The molecule has 0 bridgehead atoms. The second kappa shape index (κ2) is 6.48. The summed E-state index contributed by atoms with van der Waals surface area (Å²) in [5, 5.41) is 0.483. The fourth-order valence-electron chi connectivity index (χ4n) is 1.88. The first-order chi connectivity index (χ1) is 8.93. The molecule has 20 heavy (non-hydrogen) atoms. The fourth-order valence-corrected chi connectivity index (χ4v) is 2.12. The van der Waals surface area contributed by atoms with Gasteiger partial charge >= 0.3 is 6.18 Å². The lowest BCUT2D eigenvalue weighted by molar-refractivity contribution is -0.137. The zero-order valence-electron chi connectivity index (χ0n) is 10.2. The van der Waals surface area contributed by atoms with Gasteiger partial charge in [-0.05, 0) is 29.3 Å². The molecule has 0 radical (unpaired) electrons. The molecule has 0 heterocycles. The maximum absolute atomic E-state index is 12.7. The van der Waals surface area contributed by atoms with Gasteiger partial charge in [-0.25, -0.2) is 0 Å². The Balaban J connectivity index is 0.00000200. The minimum atomic E-state index is -4.37. The maximum Gasteiger partial charge on any atom is 0.416 e. The Labute approximate surface area is 126 Å². The molecule has 1 nitrogen and oxygen atoms in total. The largest absolute Gasteiger partial charge is 0.416 e. The second-order valence-electron chi connectivity index (χ2n) is 4.05. The summed E-state index contributed by atoms with van der Waals surface area (Å²) in [5.41, 5.74) is 6.56. The monoisotopic (exact) mass is 321 g/mol. The van der Waals surface area contributed by atoms with Crippen LogP contribution in [0.1, 0.15) is 11.1 Å². The van der Waals surface area contributed by atoms with Gasteiger partial charge in [0, 0.05) is 17.1 Å². The molecule has 0 aliphatic heterocycles. The summed E-state index contributed by atoms with van der Waals surface area (Å²) in [6.07, 6.45) is -4.37. The Morgan fingerprint density at radius 3 is 2.20 bits per heavy atom. The van der Waals surface area contributed by atoms with E-state index >= 15 is 0 Å². The topological polar surface area (TPSA) is 26.0 Å². The molecular formula is C14H12Cl2F3N. The summed E-state index contributed by atoms with van der Waals surface area (Å²) in [5.74, 6) is 0. The normalized spacial score (nSPS) is 11.1. The van der Waals surface area contributed by atoms with E-state index in [0.717, 1.165) is 12.1 Å². The summed E-state index contributed by atoms with van der Waals surface area (Å²) in [6.45, 7) is 0.0183. The van der Waals surface area contributed by atoms with Crippen molar-refractivity contribution in [1.82, 2.24) is 0 Å². The molecule has 0 saturated heterocycles. The van der Waals surface area contributed by atoms with Crippen molar-refractivity contribution >= 4 is 24.0 Å². The van der Waals surface area contributed by atoms with Crippen molar-refractivity contribution in [2.24, 2.45) is 5.73 Å². The van der Waals surface area contributed by atoms with Gasteiger partial charge in [-0.2, -0.15) is 13.2 Å². The van der Waals surface area contributed by atoms with Gasteiger partial charge in [0.15, 0.2) is 0 Å². The molecule has 0 fully saturated rings. The van der Waals surface area contributed by atoms with Gasteiger partial charge in [-0.15, -0.1) is 12.4 Å². The lowest BCUT2D eigenvalue weighted by Crippen LogP contribution is -2.08. The van der Waals surface area contributed by atoms with Gasteiger partial charge in [0.05, 0.1) is 5.56 Å². The molecule has 0 amide bonds. The van der Waals surface area contributed by atoms with Crippen LogP contribution in [-0.2, 0) is 12.7 Å². The summed E-state index contributed by atoms with van der Waals surface area (Å²) in [4.78, 5) is 0. The molecule has 0 unspecified atom stereocenters. The molecular weight excluding hydrogens is 310 g/mol. The van der Waals surface area contributed by atoms with Gasteiger partial charge in [0.25, 0.3) is 0 Å². The maximum atomic E-state index is 12.7. The Kier molecular flexibility index (Phi) is 5.45. The van der Waals surface area contributed by atoms with Crippen molar-refractivity contribution in [2.75, 3.05) is 0 Å². The summed E-state index contributed by atoms with van der Waals surface area (Å²) < 4.78 is 38.0. The first-order valence-corrected chi connectivity index (χ1v) is 5.96. The van der Waals surface area contributed by atoms with E-state index < -0.39 is 11.7 Å². The lowest BCUT2D eigenvalue weighted by Gasteiger charge is -2.13. The molecule has 0 saturated carbocycles. The first-order valence-electron chi connectivity index (χ1n) is 5.58. The van der Waals surface area contributed by atoms with Crippen LogP contribution in [0.2, 0.25) is 5.02 Å². The van der Waals surface area contributed by atoms with Crippen molar-refractivity contribution in [3.63, 3.8) is 0 Å². The van der Waals surface area contributed by atoms with Gasteiger partial charge in [0.2, 0.25) is 0 Å². The lowest BCUT2D eigenvalue weighted by atomic mass is 9.97. The number of hydrogen-bond acceptors (Lipinski definition) is 1. The Hall–Kier alpha value is -1.23. The van der Waals surface area contributed by atoms with Crippen molar-refractivity contribution < 1.29 is 13.2 Å². The van der Waals surface area contributed by atoms with Crippen molar-refractivity contribution in [1.29, 1.82) is 0 Å². The van der Waals surface area contributed by atoms with Crippen LogP contribution in [0.3, 0.4) is 0 Å². The third kappa shape index (κ3) is 3.45. The molecule has 0 spiro atoms. The van der Waals surface area contributed by atoms with Crippen molar-refractivity contribution in [3.8, 4) is 11.1 Å². The minimum absolute atomic E-state index is 0. The predicted molar refractivity (Wildman–Crippen MR) is 77.0 cm³/mol.